The Morgan fingerprint density at radius 2 is 1.75 bits per heavy atom. The third-order valence-electron chi connectivity index (χ3n) is 5.42. The minimum Gasteiger partial charge on any atom is -0.339 e. The molecule has 6 nitrogen and oxygen atoms in total. The van der Waals surface area contributed by atoms with Gasteiger partial charge in [-0.3, -0.25) is 9.10 Å². The molecule has 2 aromatic rings. The number of piperazine rings is 1. The molecular formula is C20H22ClN3O3S. The van der Waals surface area contributed by atoms with Crippen LogP contribution in [0.4, 0.5) is 5.69 Å². The molecule has 2 aromatic carbocycles. The Hall–Kier alpha value is -2.09. The number of likely N-dealkylation sites (N-methyl/N-ethyl adjacent to an activating group) is 1. The third kappa shape index (κ3) is 3.27. The maximum Gasteiger partial charge on any atom is 0.265 e. The first kappa shape index (κ1) is 19.2. The normalized spacial score (nSPS) is 18.5. The van der Waals surface area contributed by atoms with Gasteiger partial charge in [0.25, 0.3) is 10.0 Å². The summed E-state index contributed by atoms with van der Waals surface area (Å²) in [5, 5.41) is 0.523. The van der Waals surface area contributed by atoms with Crippen LogP contribution in [0.3, 0.4) is 0 Å². The summed E-state index contributed by atoms with van der Waals surface area (Å²) in [4.78, 5) is 17.1. The fourth-order valence-corrected chi connectivity index (χ4v) is 5.62. The van der Waals surface area contributed by atoms with Gasteiger partial charge in [-0.2, -0.15) is 0 Å². The first-order chi connectivity index (χ1) is 13.4. The number of nitrogens with zero attached hydrogens (tertiary/aromatic N) is 3. The molecule has 0 aliphatic carbocycles. The molecule has 1 amide bonds. The topological polar surface area (TPSA) is 60.9 Å². The smallest absolute Gasteiger partial charge is 0.265 e. The van der Waals surface area contributed by atoms with Crippen molar-refractivity contribution in [2.45, 2.75) is 11.8 Å². The number of hydrogen-bond acceptors (Lipinski definition) is 4. The van der Waals surface area contributed by atoms with Crippen molar-refractivity contribution in [3.05, 3.63) is 47.5 Å². The third-order valence-corrected chi connectivity index (χ3v) is 7.48. The van der Waals surface area contributed by atoms with Gasteiger partial charge in [-0.1, -0.05) is 36.7 Å². The quantitative estimate of drug-likeness (QED) is 0.767. The second-order valence-electron chi connectivity index (χ2n) is 6.98. The van der Waals surface area contributed by atoms with Crippen molar-refractivity contribution in [2.75, 3.05) is 43.6 Å². The highest BCUT2D eigenvalue weighted by Crippen LogP contribution is 2.43. The number of carbonyl (C=O) groups is 1. The van der Waals surface area contributed by atoms with Gasteiger partial charge in [-0.25, -0.2) is 8.42 Å². The Morgan fingerprint density at radius 1 is 1.04 bits per heavy atom. The maximum atomic E-state index is 13.3. The van der Waals surface area contributed by atoms with Crippen molar-refractivity contribution < 1.29 is 13.2 Å². The molecule has 0 N–H and O–H groups in total. The number of anilines is 1. The molecule has 1 saturated heterocycles. The number of rotatable bonds is 3. The lowest BCUT2D eigenvalue weighted by molar-refractivity contribution is -0.131. The van der Waals surface area contributed by atoms with Crippen molar-refractivity contribution in [3.8, 4) is 11.1 Å². The lowest BCUT2D eigenvalue weighted by Crippen LogP contribution is -2.52. The van der Waals surface area contributed by atoms with Gasteiger partial charge in [0.1, 0.15) is 6.54 Å². The van der Waals surface area contributed by atoms with Gasteiger partial charge in [-0.15, -0.1) is 0 Å². The number of fused-ring (bicyclic) bond motifs is 3. The first-order valence-electron chi connectivity index (χ1n) is 9.33. The highest BCUT2D eigenvalue weighted by Gasteiger charge is 2.37. The van der Waals surface area contributed by atoms with Gasteiger partial charge >= 0.3 is 0 Å². The van der Waals surface area contributed by atoms with Crippen molar-refractivity contribution in [3.63, 3.8) is 0 Å². The van der Waals surface area contributed by atoms with E-state index >= 15 is 0 Å². The lowest BCUT2D eigenvalue weighted by atomic mass is 10.0. The molecule has 28 heavy (non-hydrogen) atoms. The van der Waals surface area contributed by atoms with Gasteiger partial charge in [0, 0.05) is 42.3 Å². The van der Waals surface area contributed by atoms with E-state index in [9.17, 15) is 13.2 Å². The molecule has 2 aliphatic heterocycles. The first-order valence-corrected chi connectivity index (χ1v) is 11.2. The zero-order chi connectivity index (χ0) is 19.9. The maximum absolute atomic E-state index is 13.3. The van der Waals surface area contributed by atoms with E-state index in [-0.39, 0.29) is 17.3 Å². The van der Waals surface area contributed by atoms with Gasteiger partial charge in [0.15, 0.2) is 0 Å². The molecule has 0 unspecified atom stereocenters. The van der Waals surface area contributed by atoms with Gasteiger partial charge in [0.2, 0.25) is 5.91 Å². The second kappa shape index (κ2) is 7.39. The molecule has 2 heterocycles. The van der Waals surface area contributed by atoms with Crippen LogP contribution >= 0.6 is 11.6 Å². The number of carbonyl (C=O) groups excluding carboxylic acids is 1. The van der Waals surface area contributed by atoms with Gasteiger partial charge in [0.05, 0.1) is 10.6 Å². The predicted octanol–water partition coefficient (Wildman–Crippen LogP) is 2.68. The molecule has 0 aromatic heterocycles. The van der Waals surface area contributed by atoms with Gasteiger partial charge in [-0.05, 0) is 30.8 Å². The van der Waals surface area contributed by atoms with E-state index in [1.165, 1.54) is 4.31 Å². The second-order valence-corrected chi connectivity index (χ2v) is 9.25. The summed E-state index contributed by atoms with van der Waals surface area (Å²) in [6.07, 6.45) is 0. The zero-order valence-corrected chi connectivity index (χ0v) is 17.2. The van der Waals surface area contributed by atoms with E-state index in [1.54, 1.807) is 47.4 Å². The molecule has 0 atom stereocenters. The van der Waals surface area contributed by atoms with Crippen LogP contribution in [0.15, 0.2) is 47.4 Å². The van der Waals surface area contributed by atoms with Gasteiger partial charge < -0.3 is 9.80 Å². The molecule has 4 rings (SSSR count). The Bertz CT molecular complexity index is 1020. The van der Waals surface area contributed by atoms with E-state index < -0.39 is 10.0 Å². The number of benzene rings is 2. The summed E-state index contributed by atoms with van der Waals surface area (Å²) in [5.41, 5.74) is 1.82. The van der Waals surface area contributed by atoms with Crippen LogP contribution in [0, 0.1) is 0 Å². The Labute approximate surface area is 170 Å². The van der Waals surface area contributed by atoms with Crippen LogP contribution in [0.5, 0.6) is 0 Å². The van der Waals surface area contributed by atoms with E-state index in [2.05, 4.69) is 11.8 Å². The van der Waals surface area contributed by atoms with E-state index in [0.717, 1.165) is 25.2 Å². The number of hydrogen-bond donors (Lipinski definition) is 0. The van der Waals surface area contributed by atoms with Crippen molar-refractivity contribution >= 4 is 33.2 Å². The van der Waals surface area contributed by atoms with Crippen LogP contribution in [-0.4, -0.2) is 63.4 Å². The molecule has 0 spiro atoms. The van der Waals surface area contributed by atoms with Crippen LogP contribution in [0.1, 0.15) is 6.92 Å². The van der Waals surface area contributed by atoms with Crippen molar-refractivity contribution in [1.29, 1.82) is 0 Å². The summed E-state index contributed by atoms with van der Waals surface area (Å²) in [7, 11) is -3.83. The molecule has 1 fully saturated rings. The summed E-state index contributed by atoms with van der Waals surface area (Å²) >= 11 is 6.17. The predicted molar refractivity (Wildman–Crippen MR) is 110 cm³/mol. The summed E-state index contributed by atoms with van der Waals surface area (Å²) in [5.74, 6) is -0.181. The number of halogens is 1. The zero-order valence-electron chi connectivity index (χ0n) is 15.6. The fraction of sp³-hybridized carbons (Fsp3) is 0.350. The van der Waals surface area contributed by atoms with Crippen LogP contribution in [0.2, 0.25) is 5.02 Å². The highest BCUT2D eigenvalue weighted by atomic mass is 35.5. The van der Waals surface area contributed by atoms with E-state index in [4.69, 9.17) is 11.6 Å². The lowest BCUT2D eigenvalue weighted by Gasteiger charge is -2.36. The average Bonchev–Trinajstić information content (AvgIpc) is 2.71. The number of amides is 1. The Morgan fingerprint density at radius 3 is 2.46 bits per heavy atom. The van der Waals surface area contributed by atoms with E-state index in [1.807, 2.05) is 0 Å². The van der Waals surface area contributed by atoms with Crippen LogP contribution in [-0.2, 0) is 14.8 Å². The molecule has 148 valence electrons. The minimum absolute atomic E-state index is 0.181. The Kier molecular flexibility index (Phi) is 5.07. The largest absolute Gasteiger partial charge is 0.339 e. The molecule has 0 bridgehead atoms. The molecule has 0 saturated carbocycles. The van der Waals surface area contributed by atoms with Crippen molar-refractivity contribution in [2.24, 2.45) is 0 Å². The molecular weight excluding hydrogens is 398 g/mol. The fourth-order valence-electron chi connectivity index (χ4n) is 3.81. The van der Waals surface area contributed by atoms with Crippen LogP contribution < -0.4 is 4.31 Å². The highest BCUT2D eigenvalue weighted by molar-refractivity contribution is 7.93. The standard InChI is InChI=1S/C20H22ClN3O3S/c1-2-22-9-11-23(12-10-22)20(25)14-24-18-8-7-15(21)13-17(18)16-5-3-4-6-19(16)28(24,26)27/h3-8,13H,2,9-12,14H2,1H3. The SMILES string of the molecule is CCN1CCN(C(=O)CN2c3ccc(Cl)cc3-c3ccccc3S2(=O)=O)CC1. The van der Waals surface area contributed by atoms with Crippen LogP contribution in [0.25, 0.3) is 11.1 Å². The van der Waals surface area contributed by atoms with E-state index in [0.29, 0.717) is 29.4 Å². The minimum atomic E-state index is -3.83. The average molecular weight is 420 g/mol. The number of sulfonamides is 1. The summed E-state index contributed by atoms with van der Waals surface area (Å²) in [6, 6.07) is 11.9. The molecule has 8 heteroatoms. The van der Waals surface area contributed by atoms with Crippen molar-refractivity contribution in [1.82, 2.24) is 9.80 Å². The Balaban J connectivity index is 1.69. The molecule has 0 radical (unpaired) electrons. The monoisotopic (exact) mass is 419 g/mol. The summed E-state index contributed by atoms with van der Waals surface area (Å²) in [6.45, 7) is 5.69. The summed E-state index contributed by atoms with van der Waals surface area (Å²) < 4.78 is 27.8. The molecule has 2 aliphatic rings.